The first-order valence-electron chi connectivity index (χ1n) is 6.54. The Bertz CT molecular complexity index is 646. The Morgan fingerprint density at radius 1 is 1.05 bits per heavy atom. The molecule has 1 saturated heterocycles. The number of hydrogen-bond donors (Lipinski definition) is 2. The second-order valence-electron chi connectivity index (χ2n) is 4.33. The lowest BCUT2D eigenvalue weighted by molar-refractivity contribution is -0.577. The molecule has 1 aliphatic heterocycles. The summed E-state index contributed by atoms with van der Waals surface area (Å²) >= 11 is 0. The highest BCUT2D eigenvalue weighted by Gasteiger charge is 2.34. The van der Waals surface area contributed by atoms with Gasteiger partial charge in [0.05, 0.1) is 10.6 Å². The normalized spacial score (nSPS) is 13.0. The highest BCUT2D eigenvalue weighted by atomic mass is 16.3. The number of hydrogen-bond acceptors (Lipinski definition) is 3. The summed E-state index contributed by atoms with van der Waals surface area (Å²) in [5.41, 5.74) is 3.68. The predicted octanol–water partition coefficient (Wildman–Crippen LogP) is 2.12. The van der Waals surface area contributed by atoms with Crippen LogP contribution in [0.15, 0.2) is 60.7 Å². The first-order valence-corrected chi connectivity index (χ1v) is 6.54. The number of carbonyl (C=O) groups excluding carboxylic acids is 2. The Kier molecular flexibility index (Phi) is 5.20. The van der Waals surface area contributed by atoms with E-state index < -0.39 is 0 Å². The van der Waals surface area contributed by atoms with Crippen LogP contribution in [0.4, 0.5) is 16.2 Å². The number of nitrogens with one attached hydrogen (secondary N) is 2. The topological polar surface area (TPSA) is 81.5 Å². The molecule has 112 valence electrons. The summed E-state index contributed by atoms with van der Waals surface area (Å²) < 4.78 is 0. The molecule has 0 bridgehead atoms. The van der Waals surface area contributed by atoms with Crippen LogP contribution in [0.3, 0.4) is 0 Å². The van der Waals surface area contributed by atoms with Crippen molar-refractivity contribution in [1.82, 2.24) is 5.43 Å². The average Bonchev–Trinajstić information content (AvgIpc) is 2.89. The molecule has 0 unspecified atom stereocenters. The maximum absolute atomic E-state index is 11.2. The van der Waals surface area contributed by atoms with E-state index in [9.17, 15) is 14.5 Å². The van der Waals surface area contributed by atoms with Gasteiger partial charge in [0, 0.05) is 5.69 Å². The van der Waals surface area contributed by atoms with E-state index in [1.165, 1.54) is 4.90 Å². The molecule has 0 saturated carbocycles. The first-order chi connectivity index (χ1) is 10.7. The van der Waals surface area contributed by atoms with Crippen molar-refractivity contribution < 1.29 is 14.5 Å². The first kappa shape index (κ1) is 15.2. The number of carbonyl (C=O) groups is 2. The molecule has 3 rings (SSSR count). The van der Waals surface area contributed by atoms with Gasteiger partial charge >= 0.3 is 12.7 Å². The Morgan fingerprint density at radius 2 is 1.64 bits per heavy atom. The maximum atomic E-state index is 11.2. The van der Waals surface area contributed by atoms with E-state index in [2.05, 4.69) is 10.7 Å². The van der Waals surface area contributed by atoms with Gasteiger partial charge in [-0.1, -0.05) is 41.8 Å². The van der Waals surface area contributed by atoms with Gasteiger partial charge in [0.15, 0.2) is 0 Å². The number of benzene rings is 2. The van der Waals surface area contributed by atoms with Crippen LogP contribution in [0.2, 0.25) is 0 Å². The average molecular weight is 299 g/mol. The molecule has 1 aliphatic rings. The monoisotopic (exact) mass is 299 g/mol. The van der Waals surface area contributed by atoms with Crippen molar-refractivity contribution in [2.75, 3.05) is 16.9 Å². The summed E-state index contributed by atoms with van der Waals surface area (Å²) in [5, 5.41) is 2.53. The largest absolute Gasteiger partial charge is 0.383 e. The number of para-hydroxylation sites is 2. The van der Waals surface area contributed by atoms with Crippen molar-refractivity contribution in [3.05, 3.63) is 65.6 Å². The van der Waals surface area contributed by atoms with Crippen molar-refractivity contribution >= 4 is 23.8 Å². The number of urea groups is 1. The van der Waals surface area contributed by atoms with Crippen molar-refractivity contribution in [3.63, 3.8) is 0 Å². The van der Waals surface area contributed by atoms with Crippen LogP contribution in [-0.2, 0) is 4.79 Å². The van der Waals surface area contributed by atoms with Gasteiger partial charge in [-0.05, 0) is 24.3 Å². The van der Waals surface area contributed by atoms with Gasteiger partial charge in [-0.3, -0.25) is 4.79 Å². The third kappa shape index (κ3) is 4.14. The van der Waals surface area contributed by atoms with Gasteiger partial charge in [0.2, 0.25) is 6.41 Å². The lowest BCUT2D eigenvalue weighted by Gasteiger charge is -2.06. The van der Waals surface area contributed by atoms with E-state index in [1.807, 2.05) is 48.5 Å². The van der Waals surface area contributed by atoms with Crippen LogP contribution < -0.4 is 15.6 Å². The molecule has 0 atom stereocenters. The lowest BCUT2D eigenvalue weighted by Crippen LogP contribution is -2.27. The second kappa shape index (κ2) is 7.53. The van der Waals surface area contributed by atoms with Crippen LogP contribution in [0.25, 0.3) is 0 Å². The van der Waals surface area contributed by atoms with Gasteiger partial charge in [0.1, 0.15) is 4.87 Å². The molecule has 7 heteroatoms. The molecule has 22 heavy (non-hydrogen) atoms. The molecule has 2 N–H and O–H groups in total. The van der Waals surface area contributed by atoms with Crippen molar-refractivity contribution in [3.8, 4) is 0 Å². The summed E-state index contributed by atoms with van der Waals surface area (Å²) in [5.74, 6) is 0. The van der Waals surface area contributed by atoms with E-state index in [-0.39, 0.29) is 12.7 Å². The summed E-state index contributed by atoms with van der Waals surface area (Å²) in [6, 6.07) is 17.9. The third-order valence-corrected chi connectivity index (χ3v) is 2.80. The molecule has 3 amide bonds. The smallest absolute Gasteiger partial charge is 0.329 e. The van der Waals surface area contributed by atoms with Gasteiger partial charge in [-0.2, -0.15) is 0 Å². The van der Waals surface area contributed by atoms with E-state index in [4.69, 9.17) is 0 Å². The fourth-order valence-electron chi connectivity index (χ4n) is 1.80. The minimum absolute atomic E-state index is 0.0306. The zero-order valence-corrected chi connectivity index (χ0v) is 11.7. The quantitative estimate of drug-likeness (QED) is 0.673. The van der Waals surface area contributed by atoms with E-state index in [0.29, 0.717) is 11.3 Å². The molecular formula is C15H15N4O3+. The molecule has 0 radical (unpaired) electrons. The van der Waals surface area contributed by atoms with Crippen LogP contribution in [0.1, 0.15) is 0 Å². The fraction of sp³-hybridized carbons (Fsp3) is 0.0667. The van der Waals surface area contributed by atoms with Crippen LogP contribution in [0, 0.1) is 4.91 Å². The van der Waals surface area contributed by atoms with Crippen molar-refractivity contribution in [2.24, 2.45) is 0 Å². The molecule has 2 aromatic carbocycles. The van der Waals surface area contributed by atoms with Gasteiger partial charge in [-0.25, -0.2) is 9.69 Å². The van der Waals surface area contributed by atoms with Gasteiger partial charge < -0.3 is 5.32 Å². The van der Waals surface area contributed by atoms with Gasteiger partial charge in [-0.15, -0.1) is 0 Å². The Morgan fingerprint density at radius 3 is 2.14 bits per heavy atom. The standard InChI is InChI=1S/C8H7N3O2.C7H7NO/c12-8-9-11(13)6-10(8)7-4-2-1-3-5-7;9-6-8-7-4-2-1-3-5-7/h1-5H,6H2;1-6H,(H,8,9)/p+1. The SMILES string of the molecule is O=C1N[N+](=O)CN1c1ccccc1.O=CNc1ccccc1. The number of rotatable bonds is 3. The van der Waals surface area contributed by atoms with Crippen molar-refractivity contribution in [1.29, 1.82) is 0 Å². The summed E-state index contributed by atoms with van der Waals surface area (Å²) in [7, 11) is 0. The molecule has 1 fully saturated rings. The van der Waals surface area contributed by atoms with Crippen molar-refractivity contribution in [2.45, 2.75) is 0 Å². The van der Waals surface area contributed by atoms with Gasteiger partial charge in [0.25, 0.3) is 0 Å². The van der Waals surface area contributed by atoms with Crippen LogP contribution in [0.5, 0.6) is 0 Å². The van der Waals surface area contributed by atoms with Crippen LogP contribution >= 0.6 is 0 Å². The molecule has 0 aromatic heterocycles. The van der Waals surface area contributed by atoms with E-state index >= 15 is 0 Å². The number of nitrogens with zero attached hydrogens (tertiary/aromatic N) is 2. The Balaban J connectivity index is 0.000000172. The highest BCUT2D eigenvalue weighted by Crippen LogP contribution is 2.14. The summed E-state index contributed by atoms with van der Waals surface area (Å²) in [6.45, 7) is 0.0306. The zero-order chi connectivity index (χ0) is 15.8. The number of amides is 3. The summed E-state index contributed by atoms with van der Waals surface area (Å²) in [6.07, 6.45) is 0.662. The molecule has 2 aromatic rings. The van der Waals surface area contributed by atoms with Crippen LogP contribution in [-0.4, -0.2) is 24.0 Å². The second-order valence-corrected chi connectivity index (χ2v) is 4.33. The number of anilines is 2. The Hall–Kier alpha value is -3.22. The molecule has 0 spiro atoms. The fourth-order valence-corrected chi connectivity index (χ4v) is 1.80. The Labute approximate surface area is 127 Å². The third-order valence-electron chi connectivity index (χ3n) is 2.80. The zero-order valence-electron chi connectivity index (χ0n) is 11.7. The predicted molar refractivity (Wildman–Crippen MR) is 82.1 cm³/mol. The maximum Gasteiger partial charge on any atom is 0.383 e. The van der Waals surface area contributed by atoms with E-state index in [0.717, 1.165) is 11.4 Å². The number of nitroso groups, excluding NO2 is 1. The number of hydrazine groups is 1. The summed E-state index contributed by atoms with van der Waals surface area (Å²) in [4.78, 5) is 33.7. The molecule has 7 nitrogen and oxygen atoms in total. The lowest BCUT2D eigenvalue weighted by atomic mass is 10.3. The molecule has 1 heterocycles. The highest BCUT2D eigenvalue weighted by molar-refractivity contribution is 5.91. The minimum atomic E-state index is -0.388. The van der Waals surface area contributed by atoms with E-state index in [1.54, 1.807) is 12.1 Å². The minimum Gasteiger partial charge on any atom is -0.329 e. The molecular weight excluding hydrogens is 284 g/mol. The molecule has 0 aliphatic carbocycles.